The van der Waals surface area contributed by atoms with Crippen LogP contribution in [0.25, 0.3) is 129 Å². The number of para-hydroxylation sites is 1. The highest BCUT2D eigenvalue weighted by Gasteiger charge is 2.24. The third-order valence-corrected chi connectivity index (χ3v) is 24.3. The van der Waals surface area contributed by atoms with E-state index in [1.807, 2.05) is 7.11 Å². The van der Waals surface area contributed by atoms with Gasteiger partial charge in [-0.05, 0) is 393 Å². The van der Waals surface area contributed by atoms with E-state index in [4.69, 9.17) is 4.74 Å². The lowest BCUT2D eigenvalue weighted by Gasteiger charge is -2.22. The lowest BCUT2D eigenvalue weighted by molar-refractivity contribution is 0.424. The van der Waals surface area contributed by atoms with E-state index in [9.17, 15) is 0 Å². The molecule has 0 amide bonds. The Bertz CT molecular complexity index is 5820. The van der Waals surface area contributed by atoms with E-state index in [1.54, 1.807) is 0 Å². The molecule has 1 nitrogen and oxygen atoms in total. The van der Waals surface area contributed by atoms with Crippen LogP contribution in [0.5, 0.6) is 5.75 Å². The van der Waals surface area contributed by atoms with Crippen molar-refractivity contribution >= 4 is 129 Å². The Balaban J connectivity index is 1.17. The summed E-state index contributed by atoms with van der Waals surface area (Å²) < 4.78 is 6.60. The lowest BCUT2D eigenvalue weighted by atomic mass is 9.82. The summed E-state index contributed by atoms with van der Waals surface area (Å²) in [6.07, 6.45) is 0. The zero-order chi connectivity index (χ0) is 76.8. The Morgan fingerprint density at radius 3 is 0.566 bits per heavy atom. The summed E-state index contributed by atoms with van der Waals surface area (Å²) in [6.45, 7) is 65.7. The number of benzene rings is 12. The van der Waals surface area contributed by atoms with Crippen molar-refractivity contribution in [1.29, 1.82) is 0 Å². The summed E-state index contributed by atoms with van der Waals surface area (Å²) in [5, 5.41) is 30.0. The lowest BCUT2D eigenvalue weighted by Crippen LogP contribution is -2.11. The number of aryl methyl sites for hydroxylation is 16. The van der Waals surface area contributed by atoms with Gasteiger partial charge >= 0.3 is 0 Å². The molecule has 0 fully saturated rings. The second-order valence-corrected chi connectivity index (χ2v) is 36.1. The highest BCUT2D eigenvalue weighted by Crippen LogP contribution is 2.44. The van der Waals surface area contributed by atoms with Crippen LogP contribution in [0.2, 0.25) is 0 Å². The van der Waals surface area contributed by atoms with E-state index in [2.05, 4.69) is 358 Å². The van der Waals surface area contributed by atoms with Crippen LogP contribution in [0, 0.1) is 111 Å². The van der Waals surface area contributed by atoms with Gasteiger partial charge in [0.25, 0.3) is 0 Å². The van der Waals surface area contributed by atoms with Gasteiger partial charge in [0.05, 0.1) is 7.11 Å². The first kappa shape index (κ1) is 74.7. The van der Waals surface area contributed by atoms with Crippen molar-refractivity contribution in [2.24, 2.45) is 0 Å². The first-order valence-corrected chi connectivity index (χ1v) is 38.7. The molecule has 22 rings (SSSR count). The molecule has 540 valence electrons. The molecule has 0 aromatic heterocycles. The molecule has 22 aromatic carbocycles. The minimum Gasteiger partial charge on any atom is -0.495 e. The number of methoxy groups -OCH3 is 1. The minimum absolute atomic E-state index is 0.0904. The van der Waals surface area contributed by atoms with Gasteiger partial charge in [-0.3, -0.25) is 0 Å². The molecule has 1 heteroatoms. The topological polar surface area (TPSA) is 9.23 Å². The monoisotopic (exact) mass is 1390 g/mol. The third-order valence-electron chi connectivity index (χ3n) is 24.3. The van der Waals surface area contributed by atoms with Gasteiger partial charge in [0.15, 0.2) is 0 Å². The average molecular weight is 1390 g/mol. The molecule has 0 radical (unpaired) electrons. The Labute approximate surface area is 633 Å². The zero-order valence-corrected chi connectivity index (χ0v) is 69.5. The largest absolute Gasteiger partial charge is 0.495 e. The Kier molecular flexibility index (Phi) is 19.1. The summed E-state index contributed by atoms with van der Waals surface area (Å²) in [5.41, 5.74) is 25.6. The van der Waals surface area contributed by atoms with Crippen molar-refractivity contribution in [3.05, 3.63) is 275 Å². The van der Waals surface area contributed by atoms with Crippen LogP contribution in [0.15, 0.2) is 164 Å². The molecule has 0 saturated carbocycles. The number of rotatable bonds is 1. The van der Waals surface area contributed by atoms with Gasteiger partial charge in [-0.1, -0.05) is 217 Å². The first-order chi connectivity index (χ1) is 49.6. The number of hydrogen-bond acceptors (Lipinski definition) is 1. The summed E-state index contributed by atoms with van der Waals surface area (Å²) >= 11 is 0. The standard InChI is InChI=1S/C105H114O/c1-57-36-75-37-58(2)93(57)79-45-83(53-87(49-79)102(17,18)19)97-65(9)69(13)99(70(14)66(97)10)85-47-81(51-89(55-85)104(23,24)25)95-61(5)40-77(41-62(95)6)91-34-31-35-92(101(91)106-29)78-42-63(7)96(64(8)43-78)82-48-86(56-90(52-82)105(26,27)28)100-71(15)67(11)98(68(12)72(100)16)84-46-80(50-88(54-84)103(20,21)22)94-59(3)38-76(39-60(94)4)74-33-30-32-73(75)44-74/h30-56H,1-29H3. The van der Waals surface area contributed by atoms with E-state index in [-0.39, 0.29) is 21.7 Å². The van der Waals surface area contributed by atoms with Gasteiger partial charge < -0.3 is 4.74 Å². The van der Waals surface area contributed by atoms with Crippen LogP contribution in [0.3, 0.4) is 0 Å². The van der Waals surface area contributed by atoms with Gasteiger partial charge in [0, 0.05) is 10.8 Å². The van der Waals surface area contributed by atoms with Gasteiger partial charge in [-0.25, -0.2) is 0 Å². The fourth-order valence-corrected chi connectivity index (χ4v) is 18.2. The molecule has 0 unspecified atom stereocenters. The predicted octanol–water partition coefficient (Wildman–Crippen LogP) is 30.7. The molecular weight excluding hydrogens is 1280 g/mol. The van der Waals surface area contributed by atoms with Crippen LogP contribution >= 0.6 is 0 Å². The second kappa shape index (κ2) is 27.0. The molecule has 22 aromatic rings. The molecule has 106 heavy (non-hydrogen) atoms. The molecule has 0 aliphatic heterocycles. The summed E-state index contributed by atoms with van der Waals surface area (Å²) in [4.78, 5) is 0. The van der Waals surface area contributed by atoms with Crippen LogP contribution in [-0.2, 0) is 21.7 Å². The quantitative estimate of drug-likeness (QED) is 0.159. The maximum absolute atomic E-state index is 6.60. The molecule has 0 spiro atoms. The molecule has 0 heterocycles. The van der Waals surface area contributed by atoms with Gasteiger partial charge in [-0.2, -0.15) is 0 Å². The van der Waals surface area contributed by atoms with Crippen molar-refractivity contribution in [2.45, 2.75) is 216 Å². The normalized spacial score (nSPS) is 12.4. The molecular formula is C105H114O. The molecule has 0 N–H and O–H groups in total. The third kappa shape index (κ3) is 13.4. The van der Waals surface area contributed by atoms with Crippen LogP contribution in [0.1, 0.15) is 194 Å². The van der Waals surface area contributed by atoms with Crippen molar-refractivity contribution < 1.29 is 4.74 Å². The van der Waals surface area contributed by atoms with Crippen LogP contribution < -0.4 is 4.74 Å². The highest BCUT2D eigenvalue weighted by atomic mass is 16.5. The zero-order valence-electron chi connectivity index (χ0n) is 69.5. The van der Waals surface area contributed by atoms with Crippen molar-refractivity contribution in [3.8, 4) is 5.75 Å². The van der Waals surface area contributed by atoms with Crippen LogP contribution in [-0.4, -0.2) is 7.11 Å². The van der Waals surface area contributed by atoms with E-state index >= 15 is 0 Å². The Morgan fingerprint density at radius 2 is 0.368 bits per heavy atom. The van der Waals surface area contributed by atoms with E-state index < -0.39 is 0 Å². The molecule has 24 bridgehead atoms. The summed E-state index contributed by atoms with van der Waals surface area (Å²) in [5.74, 6) is 0.882. The Hall–Kier alpha value is -9.56. The van der Waals surface area contributed by atoms with E-state index in [1.165, 1.54) is 219 Å². The van der Waals surface area contributed by atoms with Crippen LogP contribution in [0.4, 0.5) is 0 Å². The van der Waals surface area contributed by atoms with Gasteiger partial charge in [0.1, 0.15) is 5.75 Å². The molecule has 0 atom stereocenters. The molecule has 0 aliphatic carbocycles. The predicted molar refractivity (Wildman–Crippen MR) is 473 cm³/mol. The van der Waals surface area contributed by atoms with Crippen molar-refractivity contribution in [2.75, 3.05) is 7.11 Å². The summed E-state index contributed by atoms with van der Waals surface area (Å²) in [6, 6.07) is 65.0. The maximum atomic E-state index is 6.60. The maximum Gasteiger partial charge on any atom is 0.134 e. The van der Waals surface area contributed by atoms with Crippen molar-refractivity contribution in [3.63, 3.8) is 0 Å². The Morgan fingerprint density at radius 1 is 0.189 bits per heavy atom. The van der Waals surface area contributed by atoms with Gasteiger partial charge in [0.2, 0.25) is 0 Å². The minimum atomic E-state index is -0.103. The second-order valence-electron chi connectivity index (χ2n) is 36.1. The average Bonchev–Trinajstić information content (AvgIpc) is 0.745. The summed E-state index contributed by atoms with van der Waals surface area (Å²) in [7, 11) is 1.84. The van der Waals surface area contributed by atoms with E-state index in [0.717, 1.165) is 27.3 Å². The number of ether oxygens (including phenoxy) is 1. The smallest absolute Gasteiger partial charge is 0.134 e. The van der Waals surface area contributed by atoms with Gasteiger partial charge in [-0.15, -0.1) is 0 Å². The van der Waals surface area contributed by atoms with Crippen molar-refractivity contribution in [1.82, 2.24) is 0 Å². The first-order valence-electron chi connectivity index (χ1n) is 38.7. The molecule has 0 aliphatic rings. The van der Waals surface area contributed by atoms with E-state index in [0.29, 0.717) is 0 Å². The highest BCUT2D eigenvalue weighted by molar-refractivity contribution is 6.09. The SMILES string of the molecule is COc1c2cccc1c1cc(C)c(c(C)c1)c1cc(C(C)(C)C)cc(c1)c1c(C)c(C)c(c(C)c1C)c1cc(C(C)(C)C)cc(c1)c1c(C)cc(cc1C)c1cccc(c1)c1cc(C)c(c(C)c1)c1cc(C(C)(C)C)cc(c1)c1c(C)c(C)c(c(C)c1C)c1cc(C(C)(C)C)cc(c1)c1c(C)cc2cc1C. The molecule has 0 saturated heterocycles. The fraction of sp³-hybridized carbons (Fsp3) is 0.314. The number of hydrogen-bond donors (Lipinski definition) is 0. The fourth-order valence-electron chi connectivity index (χ4n) is 18.2.